The molecule has 17 heavy (non-hydrogen) atoms. The molecule has 0 aliphatic rings. The molecule has 0 heterocycles. The Morgan fingerprint density at radius 2 is 1.71 bits per heavy atom. The van der Waals surface area contributed by atoms with Gasteiger partial charge in [0.25, 0.3) is 0 Å². The lowest BCUT2D eigenvalue weighted by Gasteiger charge is -2.11. The van der Waals surface area contributed by atoms with E-state index in [4.69, 9.17) is 0 Å². The summed E-state index contributed by atoms with van der Waals surface area (Å²) < 4.78 is 4.33. The molecule has 0 aliphatic carbocycles. The molecule has 1 rings (SSSR count). The van der Waals surface area contributed by atoms with E-state index in [1.54, 1.807) is 0 Å². The largest absolute Gasteiger partial charge is 0.462 e. The fourth-order valence-electron chi connectivity index (χ4n) is 1.82. The molecule has 1 aromatic rings. The molecule has 0 fully saturated rings. The van der Waals surface area contributed by atoms with Gasteiger partial charge in [0.15, 0.2) is 0 Å². The summed E-state index contributed by atoms with van der Waals surface area (Å²) in [4.78, 5) is 22.2. The molecular weight excluding hydrogens is 218 g/mol. The van der Waals surface area contributed by atoms with Gasteiger partial charge in [-0.05, 0) is 37.5 Å². The SMILES string of the molecule is COC(=O)C(=O)NCc1c(C)cc(C)cc1C. The highest BCUT2D eigenvalue weighted by atomic mass is 16.5. The summed E-state index contributed by atoms with van der Waals surface area (Å²) in [6.07, 6.45) is 0. The highest BCUT2D eigenvalue weighted by molar-refractivity contribution is 6.32. The van der Waals surface area contributed by atoms with E-state index in [1.807, 2.05) is 32.9 Å². The quantitative estimate of drug-likeness (QED) is 0.622. The highest BCUT2D eigenvalue weighted by Gasteiger charge is 2.13. The molecule has 92 valence electrons. The zero-order valence-corrected chi connectivity index (χ0v) is 10.6. The van der Waals surface area contributed by atoms with Crippen LogP contribution in [0.1, 0.15) is 22.3 Å². The Bertz CT molecular complexity index is 429. The van der Waals surface area contributed by atoms with Crippen molar-refractivity contribution in [2.24, 2.45) is 0 Å². The first-order chi connectivity index (χ1) is 7.95. The number of amides is 1. The van der Waals surface area contributed by atoms with Crippen molar-refractivity contribution in [2.75, 3.05) is 7.11 Å². The standard InChI is InChI=1S/C13H17NO3/c1-8-5-9(2)11(10(3)6-8)7-14-12(15)13(16)17-4/h5-6H,7H2,1-4H3,(H,14,15). The van der Waals surface area contributed by atoms with Crippen LogP contribution < -0.4 is 5.32 Å². The van der Waals surface area contributed by atoms with Crippen LogP contribution in [0.3, 0.4) is 0 Å². The molecule has 0 aliphatic heterocycles. The van der Waals surface area contributed by atoms with Gasteiger partial charge in [-0.25, -0.2) is 4.79 Å². The Morgan fingerprint density at radius 1 is 1.18 bits per heavy atom. The zero-order valence-electron chi connectivity index (χ0n) is 10.6. The maximum absolute atomic E-state index is 11.3. The van der Waals surface area contributed by atoms with Crippen LogP contribution in [0.5, 0.6) is 0 Å². The summed E-state index contributed by atoms with van der Waals surface area (Å²) in [5.41, 5.74) is 4.43. The van der Waals surface area contributed by atoms with E-state index < -0.39 is 11.9 Å². The molecule has 0 aromatic heterocycles. The van der Waals surface area contributed by atoms with Gasteiger partial charge in [0.2, 0.25) is 0 Å². The number of esters is 1. The number of hydrogen-bond acceptors (Lipinski definition) is 3. The molecule has 4 nitrogen and oxygen atoms in total. The average Bonchev–Trinajstić information content (AvgIpc) is 2.26. The Hall–Kier alpha value is -1.84. The summed E-state index contributed by atoms with van der Waals surface area (Å²) in [5, 5.41) is 2.54. The van der Waals surface area contributed by atoms with Crippen molar-refractivity contribution in [2.45, 2.75) is 27.3 Å². The van der Waals surface area contributed by atoms with Gasteiger partial charge < -0.3 is 10.1 Å². The summed E-state index contributed by atoms with van der Waals surface area (Å²) in [6.45, 7) is 6.34. The Balaban J connectivity index is 2.76. The van der Waals surface area contributed by atoms with Crippen molar-refractivity contribution in [3.05, 3.63) is 34.4 Å². The van der Waals surface area contributed by atoms with Crippen molar-refractivity contribution < 1.29 is 14.3 Å². The zero-order chi connectivity index (χ0) is 13.0. The van der Waals surface area contributed by atoms with Crippen molar-refractivity contribution in [1.82, 2.24) is 5.32 Å². The molecule has 0 bridgehead atoms. The van der Waals surface area contributed by atoms with Crippen molar-refractivity contribution in [3.8, 4) is 0 Å². The first-order valence-corrected chi connectivity index (χ1v) is 5.38. The number of aryl methyl sites for hydroxylation is 3. The lowest BCUT2D eigenvalue weighted by atomic mass is 10.00. The number of ether oxygens (including phenoxy) is 1. The minimum atomic E-state index is -0.868. The van der Waals surface area contributed by atoms with Gasteiger partial charge >= 0.3 is 11.9 Å². The van der Waals surface area contributed by atoms with Gasteiger partial charge in [0, 0.05) is 6.54 Å². The molecule has 0 radical (unpaired) electrons. The summed E-state index contributed by atoms with van der Waals surface area (Å²) in [5.74, 6) is -1.58. The molecule has 1 amide bonds. The van der Waals surface area contributed by atoms with Gasteiger partial charge in [0.05, 0.1) is 7.11 Å². The maximum atomic E-state index is 11.3. The predicted molar refractivity (Wildman–Crippen MR) is 64.5 cm³/mol. The fraction of sp³-hybridized carbons (Fsp3) is 0.385. The number of rotatable bonds is 2. The van der Waals surface area contributed by atoms with E-state index >= 15 is 0 Å². The van der Waals surface area contributed by atoms with Crippen LogP contribution in [-0.2, 0) is 20.9 Å². The van der Waals surface area contributed by atoms with Gasteiger partial charge in [0.1, 0.15) is 0 Å². The smallest absolute Gasteiger partial charge is 0.396 e. The van der Waals surface area contributed by atoms with E-state index in [-0.39, 0.29) is 0 Å². The minimum Gasteiger partial charge on any atom is -0.462 e. The molecule has 0 saturated heterocycles. The Morgan fingerprint density at radius 3 is 2.18 bits per heavy atom. The van der Waals surface area contributed by atoms with E-state index in [2.05, 4.69) is 10.1 Å². The summed E-state index contributed by atoms with van der Waals surface area (Å²) >= 11 is 0. The second-order valence-corrected chi connectivity index (χ2v) is 4.05. The Kier molecular flexibility index (Phi) is 4.26. The van der Waals surface area contributed by atoms with E-state index in [0.29, 0.717) is 6.54 Å². The van der Waals surface area contributed by atoms with Crippen molar-refractivity contribution >= 4 is 11.9 Å². The fourth-order valence-corrected chi connectivity index (χ4v) is 1.82. The minimum absolute atomic E-state index is 0.339. The molecule has 0 atom stereocenters. The van der Waals surface area contributed by atoms with Crippen LogP contribution in [0.4, 0.5) is 0 Å². The number of carbonyl (C=O) groups is 2. The third-order valence-corrected chi connectivity index (χ3v) is 2.64. The summed E-state index contributed by atoms with van der Waals surface area (Å²) in [6, 6.07) is 4.10. The van der Waals surface area contributed by atoms with E-state index in [1.165, 1.54) is 12.7 Å². The lowest BCUT2D eigenvalue weighted by Crippen LogP contribution is -2.31. The average molecular weight is 235 g/mol. The number of nitrogens with one attached hydrogen (secondary N) is 1. The highest BCUT2D eigenvalue weighted by Crippen LogP contribution is 2.15. The van der Waals surface area contributed by atoms with Crippen LogP contribution in [0.2, 0.25) is 0 Å². The number of methoxy groups -OCH3 is 1. The molecule has 0 spiro atoms. The second-order valence-electron chi connectivity index (χ2n) is 4.05. The van der Waals surface area contributed by atoms with Crippen LogP contribution in [0.15, 0.2) is 12.1 Å². The van der Waals surface area contributed by atoms with E-state index in [9.17, 15) is 9.59 Å². The molecule has 4 heteroatoms. The monoisotopic (exact) mass is 235 g/mol. The number of hydrogen-bond donors (Lipinski definition) is 1. The first-order valence-electron chi connectivity index (χ1n) is 5.38. The third kappa shape index (κ3) is 3.31. The predicted octanol–water partition coefficient (Wildman–Crippen LogP) is 1.40. The van der Waals surface area contributed by atoms with Crippen LogP contribution >= 0.6 is 0 Å². The number of benzene rings is 1. The van der Waals surface area contributed by atoms with Crippen LogP contribution in [0.25, 0.3) is 0 Å². The molecule has 1 N–H and O–H groups in total. The normalized spacial score (nSPS) is 9.88. The van der Waals surface area contributed by atoms with E-state index in [0.717, 1.165) is 16.7 Å². The van der Waals surface area contributed by atoms with Crippen LogP contribution in [-0.4, -0.2) is 19.0 Å². The Labute approximate surface area is 101 Å². The molecule has 0 unspecified atom stereocenters. The topological polar surface area (TPSA) is 55.4 Å². The van der Waals surface area contributed by atoms with Gasteiger partial charge in [-0.15, -0.1) is 0 Å². The molecule has 1 aromatic carbocycles. The first kappa shape index (κ1) is 13.2. The second kappa shape index (κ2) is 5.48. The lowest BCUT2D eigenvalue weighted by molar-refractivity contribution is -0.152. The van der Waals surface area contributed by atoms with Crippen molar-refractivity contribution in [3.63, 3.8) is 0 Å². The molecule has 0 saturated carbocycles. The molecular formula is C13H17NO3. The van der Waals surface area contributed by atoms with Gasteiger partial charge in [-0.2, -0.15) is 0 Å². The third-order valence-electron chi connectivity index (χ3n) is 2.64. The van der Waals surface area contributed by atoms with Crippen LogP contribution in [0, 0.1) is 20.8 Å². The maximum Gasteiger partial charge on any atom is 0.396 e. The van der Waals surface area contributed by atoms with Gasteiger partial charge in [-0.3, -0.25) is 4.79 Å². The van der Waals surface area contributed by atoms with Crippen molar-refractivity contribution in [1.29, 1.82) is 0 Å². The number of carbonyl (C=O) groups excluding carboxylic acids is 2. The summed E-state index contributed by atoms with van der Waals surface area (Å²) in [7, 11) is 1.18. The van der Waals surface area contributed by atoms with Gasteiger partial charge in [-0.1, -0.05) is 17.7 Å².